The van der Waals surface area contributed by atoms with Gasteiger partial charge in [-0.2, -0.15) is 0 Å². The molecule has 0 saturated heterocycles. The lowest BCUT2D eigenvalue weighted by Crippen LogP contribution is -1.98. The molecule has 0 aliphatic rings. The molecule has 0 bridgehead atoms. The number of imidazole rings is 1. The van der Waals surface area contributed by atoms with Crippen LogP contribution in [0.25, 0.3) is 70.3 Å². The zero-order valence-electron chi connectivity index (χ0n) is 18.5. The van der Waals surface area contributed by atoms with Crippen LogP contribution in [0.15, 0.2) is 108 Å². The highest BCUT2D eigenvalue weighted by Gasteiger charge is 2.21. The van der Waals surface area contributed by atoms with Crippen LogP contribution in [0.2, 0.25) is 0 Å². The summed E-state index contributed by atoms with van der Waals surface area (Å²) in [4.78, 5) is 9.58. The predicted molar refractivity (Wildman–Crippen MR) is 144 cm³/mol. The molecule has 4 aromatic heterocycles. The first kappa shape index (κ1) is 18.9. The van der Waals surface area contributed by atoms with Gasteiger partial charge in [0.2, 0.25) is 5.71 Å². The lowest BCUT2D eigenvalue weighted by molar-refractivity contribution is 0.654. The summed E-state index contributed by atoms with van der Waals surface area (Å²) in [7, 11) is 0. The van der Waals surface area contributed by atoms with Gasteiger partial charge in [0, 0.05) is 32.4 Å². The van der Waals surface area contributed by atoms with Crippen LogP contribution in [0.3, 0.4) is 0 Å². The van der Waals surface area contributed by atoms with Gasteiger partial charge >= 0.3 is 0 Å². The summed E-state index contributed by atoms with van der Waals surface area (Å²) >= 11 is 1.82. The van der Waals surface area contributed by atoms with E-state index in [1.807, 2.05) is 23.5 Å². The van der Waals surface area contributed by atoms with Crippen molar-refractivity contribution < 1.29 is 4.42 Å². The lowest BCUT2D eigenvalue weighted by Gasteiger charge is -2.11. The van der Waals surface area contributed by atoms with Crippen molar-refractivity contribution in [3.63, 3.8) is 0 Å². The number of para-hydroxylation sites is 3. The molecule has 8 aromatic rings. The molecule has 0 atom stereocenters. The number of aromatic nitrogens is 3. The summed E-state index contributed by atoms with van der Waals surface area (Å²) in [5.74, 6) is 0.862. The molecule has 4 nitrogen and oxygen atoms in total. The van der Waals surface area contributed by atoms with Crippen LogP contribution in [0, 0.1) is 0 Å². The molecular formula is C30H17N3OS. The third-order valence-electron chi connectivity index (χ3n) is 6.70. The van der Waals surface area contributed by atoms with Gasteiger partial charge in [-0.05, 0) is 42.5 Å². The Labute approximate surface area is 203 Å². The van der Waals surface area contributed by atoms with E-state index in [0.717, 1.165) is 44.5 Å². The highest BCUT2D eigenvalue weighted by Crippen LogP contribution is 2.41. The van der Waals surface area contributed by atoms with Crippen molar-refractivity contribution in [2.24, 2.45) is 0 Å². The van der Waals surface area contributed by atoms with Crippen molar-refractivity contribution in [3.05, 3.63) is 103 Å². The minimum Gasteiger partial charge on any atom is -0.437 e. The number of pyridine rings is 1. The monoisotopic (exact) mass is 467 g/mol. The van der Waals surface area contributed by atoms with Gasteiger partial charge < -0.3 is 4.42 Å². The van der Waals surface area contributed by atoms with E-state index < -0.39 is 0 Å². The Kier molecular flexibility index (Phi) is 3.78. The molecule has 0 fully saturated rings. The van der Waals surface area contributed by atoms with Gasteiger partial charge in [0.25, 0.3) is 0 Å². The molecule has 8 rings (SSSR count). The van der Waals surface area contributed by atoms with Gasteiger partial charge in [0.05, 0.1) is 27.0 Å². The van der Waals surface area contributed by atoms with Gasteiger partial charge in [-0.15, -0.1) is 11.3 Å². The van der Waals surface area contributed by atoms with Crippen LogP contribution >= 0.6 is 11.3 Å². The Balaban J connectivity index is 1.52. The van der Waals surface area contributed by atoms with E-state index in [1.54, 1.807) is 6.20 Å². The highest BCUT2D eigenvalue weighted by molar-refractivity contribution is 7.26. The second-order valence-electron chi connectivity index (χ2n) is 8.65. The Morgan fingerprint density at radius 1 is 0.686 bits per heavy atom. The molecular weight excluding hydrogens is 450 g/mol. The highest BCUT2D eigenvalue weighted by atomic mass is 32.1. The summed E-state index contributed by atoms with van der Waals surface area (Å²) in [6, 6.07) is 33.7. The average Bonchev–Trinajstić information content (AvgIpc) is 3.59. The summed E-state index contributed by atoms with van der Waals surface area (Å²) < 4.78 is 11.1. The Hall–Kier alpha value is -4.48. The maximum Gasteiger partial charge on any atom is 0.227 e. The molecule has 164 valence electrons. The summed E-state index contributed by atoms with van der Waals surface area (Å²) in [5.41, 5.74) is 5.55. The van der Waals surface area contributed by atoms with Crippen LogP contribution in [0.5, 0.6) is 0 Å². The fourth-order valence-corrected chi connectivity index (χ4v) is 6.37. The first-order valence-electron chi connectivity index (χ1n) is 11.5. The normalized spacial score (nSPS) is 12.0. The van der Waals surface area contributed by atoms with Crippen LogP contribution in [-0.4, -0.2) is 14.5 Å². The first-order valence-corrected chi connectivity index (χ1v) is 12.3. The molecule has 0 aliphatic heterocycles. The molecule has 0 N–H and O–H groups in total. The fourth-order valence-electron chi connectivity index (χ4n) is 5.17. The van der Waals surface area contributed by atoms with Crippen LogP contribution in [0.4, 0.5) is 0 Å². The summed E-state index contributed by atoms with van der Waals surface area (Å²) in [6.07, 6.45) is 1.77. The number of hydrogen-bond acceptors (Lipinski definition) is 4. The van der Waals surface area contributed by atoms with E-state index in [9.17, 15) is 0 Å². The van der Waals surface area contributed by atoms with Crippen LogP contribution in [0.1, 0.15) is 0 Å². The molecule has 0 unspecified atom stereocenters. The first-order chi connectivity index (χ1) is 17.4. The maximum atomic E-state index is 6.30. The lowest BCUT2D eigenvalue weighted by atomic mass is 10.1. The van der Waals surface area contributed by atoms with Crippen molar-refractivity contribution in [3.8, 4) is 17.1 Å². The number of furan rings is 1. The zero-order chi connectivity index (χ0) is 22.9. The number of fused-ring (bicyclic) bond motifs is 7. The molecule has 4 aromatic carbocycles. The second kappa shape index (κ2) is 7.01. The van der Waals surface area contributed by atoms with E-state index >= 15 is 0 Å². The Morgan fingerprint density at radius 2 is 1.49 bits per heavy atom. The largest absolute Gasteiger partial charge is 0.437 e. The van der Waals surface area contributed by atoms with Gasteiger partial charge in [-0.3, -0.25) is 4.57 Å². The predicted octanol–water partition coefficient (Wildman–Crippen LogP) is 8.35. The topological polar surface area (TPSA) is 43.9 Å². The Bertz CT molecular complexity index is 2080. The molecule has 5 heteroatoms. The van der Waals surface area contributed by atoms with Crippen molar-refractivity contribution in [1.82, 2.24) is 14.5 Å². The molecule has 0 aliphatic carbocycles. The second-order valence-corrected chi connectivity index (χ2v) is 9.70. The van der Waals surface area contributed by atoms with E-state index in [2.05, 4.69) is 94.5 Å². The zero-order valence-corrected chi connectivity index (χ0v) is 19.3. The maximum absolute atomic E-state index is 6.30. The number of benzene rings is 4. The van der Waals surface area contributed by atoms with Gasteiger partial charge in [-0.25, -0.2) is 9.97 Å². The van der Waals surface area contributed by atoms with Crippen molar-refractivity contribution in [1.29, 1.82) is 0 Å². The summed E-state index contributed by atoms with van der Waals surface area (Å²) in [5, 5.41) is 4.60. The molecule has 0 amide bonds. The quantitative estimate of drug-likeness (QED) is 0.257. The molecule has 0 saturated carbocycles. The van der Waals surface area contributed by atoms with Crippen molar-refractivity contribution in [2.45, 2.75) is 0 Å². The molecule has 0 radical (unpaired) electrons. The third-order valence-corrected chi connectivity index (χ3v) is 7.91. The van der Waals surface area contributed by atoms with Gasteiger partial charge in [0.1, 0.15) is 11.4 Å². The standard InChI is InChI=1S/C30H17N3OS/c1-4-16-26-18(8-1)20-10-6-15-25(28(20)35-26)33-24-14-3-2-13-23(24)32-29(33)22-11-5-9-19-21-12-7-17-31-30(21)34-27(19)22/h1-17H. The van der Waals surface area contributed by atoms with Crippen LogP contribution in [-0.2, 0) is 0 Å². The number of hydrogen-bond donors (Lipinski definition) is 0. The van der Waals surface area contributed by atoms with Gasteiger partial charge in [-0.1, -0.05) is 54.6 Å². The van der Waals surface area contributed by atoms with E-state index in [-0.39, 0.29) is 0 Å². The third kappa shape index (κ3) is 2.61. The molecule has 35 heavy (non-hydrogen) atoms. The average molecular weight is 468 g/mol. The minimum atomic E-state index is 0.643. The van der Waals surface area contributed by atoms with E-state index in [4.69, 9.17) is 9.40 Å². The SMILES string of the molecule is c1ccc2c(c1)nc(-c1cccc3c1oc1ncccc13)n2-c1cccc2c1sc1ccccc12. The number of nitrogens with zero attached hydrogens (tertiary/aromatic N) is 3. The number of rotatable bonds is 2. The van der Waals surface area contributed by atoms with Gasteiger partial charge in [0.15, 0.2) is 0 Å². The fraction of sp³-hybridized carbons (Fsp3) is 0. The minimum absolute atomic E-state index is 0.643. The van der Waals surface area contributed by atoms with Crippen LogP contribution < -0.4 is 0 Å². The van der Waals surface area contributed by atoms with E-state index in [1.165, 1.54) is 20.2 Å². The number of thiophene rings is 1. The Morgan fingerprint density at radius 3 is 2.49 bits per heavy atom. The van der Waals surface area contributed by atoms with Crippen molar-refractivity contribution >= 4 is 64.6 Å². The molecule has 4 heterocycles. The van der Waals surface area contributed by atoms with Crippen molar-refractivity contribution in [2.75, 3.05) is 0 Å². The molecule has 0 spiro atoms. The summed E-state index contributed by atoms with van der Waals surface area (Å²) in [6.45, 7) is 0. The smallest absolute Gasteiger partial charge is 0.227 e. The van der Waals surface area contributed by atoms with E-state index in [0.29, 0.717) is 5.71 Å².